The third-order valence-corrected chi connectivity index (χ3v) is 23.3. The molecule has 4 aliphatic rings. The van der Waals surface area contributed by atoms with Crippen molar-refractivity contribution in [3.63, 3.8) is 0 Å². The number of nitrogens with one attached hydrogen (secondary N) is 20. The van der Waals surface area contributed by atoms with E-state index in [4.69, 9.17) is 39.5 Å². The molecule has 716 valence electrons. The predicted octanol–water partition coefficient (Wildman–Crippen LogP) is -5.82. The summed E-state index contributed by atoms with van der Waals surface area (Å²) in [4.78, 5) is 246. The van der Waals surface area contributed by atoms with Gasteiger partial charge in [-0.25, -0.2) is 0 Å². The van der Waals surface area contributed by atoms with Crippen LogP contribution < -0.4 is 124 Å². The van der Waals surface area contributed by atoms with Crippen LogP contribution in [-0.2, 0) is 106 Å². The number of benzene rings is 3. The van der Waals surface area contributed by atoms with Crippen molar-refractivity contribution in [1.82, 2.24) is 95.7 Å². The summed E-state index contributed by atoms with van der Waals surface area (Å²) in [6, 6.07) is 9.49. The number of carbonyl (C=O) groups excluding carboxylic acids is 17. The fourth-order valence-corrected chi connectivity index (χ4v) is 16.4. The smallest absolute Gasteiger partial charge is 0.305 e. The van der Waals surface area contributed by atoms with Crippen LogP contribution in [0.3, 0.4) is 0 Å². The first kappa shape index (κ1) is 105. The highest BCUT2D eigenvalue weighted by Crippen LogP contribution is 2.30. The quantitative estimate of drug-likeness (QED) is 0.0142. The molecule has 17 amide bonds. The Balaban J connectivity index is 0.965. The fourth-order valence-electron chi connectivity index (χ4n) is 16.4. The van der Waals surface area contributed by atoms with E-state index in [1.54, 1.807) is 91.0 Å². The van der Waals surface area contributed by atoms with Crippen molar-refractivity contribution in [2.45, 2.75) is 247 Å². The summed E-state index contributed by atoms with van der Waals surface area (Å²) in [7, 11) is 0. The van der Waals surface area contributed by atoms with Gasteiger partial charge >= 0.3 is 5.97 Å². The van der Waals surface area contributed by atoms with Crippen molar-refractivity contribution in [2.24, 2.45) is 52.3 Å². The van der Waals surface area contributed by atoms with Crippen molar-refractivity contribution in [3.05, 3.63) is 108 Å². The molecular weight excluding hydrogens is 1700 g/mol. The Morgan fingerprint density at radius 2 is 0.802 bits per heavy atom. The molecule has 1 heterocycles. The van der Waals surface area contributed by atoms with Crippen molar-refractivity contribution in [1.29, 1.82) is 10.8 Å². The summed E-state index contributed by atoms with van der Waals surface area (Å²) in [6.07, 6.45) is 2.55. The van der Waals surface area contributed by atoms with Crippen molar-refractivity contribution in [3.8, 4) is 0 Å². The first-order chi connectivity index (χ1) is 62.4. The van der Waals surface area contributed by atoms with Gasteiger partial charge in [-0.3, -0.25) is 97.1 Å². The minimum Gasteiger partial charge on any atom is -0.481 e. The van der Waals surface area contributed by atoms with Gasteiger partial charge < -0.3 is 129 Å². The summed E-state index contributed by atoms with van der Waals surface area (Å²) in [5, 5.41) is 73.5. The van der Waals surface area contributed by atoms with Gasteiger partial charge in [-0.1, -0.05) is 110 Å². The van der Waals surface area contributed by atoms with Crippen LogP contribution in [0.25, 0.3) is 0 Å². The number of aliphatic carboxylic acids is 1. The number of hydrogen-bond acceptors (Lipinski definition) is 22. The van der Waals surface area contributed by atoms with Gasteiger partial charge in [0.05, 0.1) is 49.1 Å². The monoisotopic (exact) mass is 1830 g/mol. The van der Waals surface area contributed by atoms with Crippen LogP contribution in [0.15, 0.2) is 91.0 Å². The van der Waals surface area contributed by atoms with Gasteiger partial charge in [0, 0.05) is 76.5 Å². The van der Waals surface area contributed by atoms with Crippen LogP contribution >= 0.6 is 0 Å². The van der Waals surface area contributed by atoms with E-state index in [0.29, 0.717) is 94.0 Å². The number of carbonyl (C=O) groups is 18. The number of hydrogen-bond donors (Lipinski definition) is 26. The molecule has 31 N–H and O–H groups in total. The molecule has 0 unspecified atom stereocenters. The molecule has 1 aliphatic heterocycles. The van der Waals surface area contributed by atoms with E-state index in [1.165, 1.54) is 20.8 Å². The molecule has 4 fully saturated rings. The van der Waals surface area contributed by atoms with Crippen LogP contribution in [0.1, 0.15) is 159 Å². The largest absolute Gasteiger partial charge is 0.481 e. The first-order valence-corrected chi connectivity index (χ1v) is 44.4. The highest BCUT2D eigenvalue weighted by Gasteiger charge is 2.44. The topological polar surface area (TPSA) is 722 Å². The molecular formula is C87H129N25O19. The van der Waals surface area contributed by atoms with E-state index in [2.05, 4.69) is 95.7 Å². The number of nitrogens with two attached hydrogens (primary N) is 5. The molecule has 0 bridgehead atoms. The van der Waals surface area contributed by atoms with E-state index in [1.807, 2.05) is 0 Å². The molecule has 7 rings (SSSR count). The Kier molecular flexibility index (Phi) is 42.8. The normalized spacial score (nSPS) is 20.1. The molecule has 18 atom stereocenters. The maximum absolute atomic E-state index is 14.8. The van der Waals surface area contributed by atoms with Gasteiger partial charge in [0.2, 0.25) is 100 Å². The number of unbranched alkanes of at least 4 members (excludes halogenated alkanes) is 1. The summed E-state index contributed by atoms with van der Waals surface area (Å²) in [6.45, 7) is 4.42. The number of amides is 17. The van der Waals surface area contributed by atoms with Crippen molar-refractivity contribution >= 4 is 118 Å². The molecule has 44 nitrogen and oxygen atoms in total. The molecule has 0 radical (unpaired) electrons. The molecule has 131 heavy (non-hydrogen) atoms. The zero-order valence-corrected chi connectivity index (χ0v) is 74.0. The molecule has 44 heteroatoms. The van der Waals surface area contributed by atoms with Crippen LogP contribution in [-0.4, -0.2) is 247 Å². The van der Waals surface area contributed by atoms with Gasteiger partial charge in [-0.2, -0.15) is 0 Å². The lowest BCUT2D eigenvalue weighted by Crippen LogP contribution is -2.59. The number of primary amides is 2. The minimum absolute atomic E-state index is 0.0103. The Morgan fingerprint density at radius 1 is 0.389 bits per heavy atom. The number of guanidine groups is 2. The maximum atomic E-state index is 14.8. The Morgan fingerprint density at radius 3 is 1.29 bits per heavy atom. The summed E-state index contributed by atoms with van der Waals surface area (Å²) in [5.41, 5.74) is 29.6. The second-order valence-corrected chi connectivity index (χ2v) is 33.7. The van der Waals surface area contributed by atoms with Gasteiger partial charge in [0.25, 0.3) is 0 Å². The SMILES string of the molecule is CC(=O)N[C@H]1CNC[C@@H]1C(=O)N[C@@H](C)C(=O)N[C@H]1CCC[C@@H]1C(=O)N[C@@H](CCCNC(=N)N)C(=O)N[C@H]1CCC[C@@H]1C(=O)N[C@@H](Cc1ccccc1)C(=O)N[C@H]1CCC[C@@H]1C(=O)N[C@@H](CCCCN)C(=O)N[C@H](CC(=O)NCC(=O)N[C@@H](CC(=O)O)C(=O)N[C@@H](C)C(=O)N[C@@H](Cc1ccccc1)C(=O)N[C@@H](CC(N)=O)C(=O)N[C@@H](CCCNC(=N)N)C(N)=O)Cc1ccccc1. The third-order valence-electron chi connectivity index (χ3n) is 23.3. The highest BCUT2D eigenvalue weighted by atomic mass is 16.4. The molecule has 0 aromatic heterocycles. The second kappa shape index (κ2) is 53.5. The number of carboxylic acid groups (broad SMARTS) is 1. The molecule has 0 spiro atoms. The van der Waals surface area contributed by atoms with Gasteiger partial charge in [-0.15, -0.1) is 0 Å². The molecule has 3 aromatic rings. The fraction of sp³-hybridized carbons (Fsp3) is 0.563. The maximum Gasteiger partial charge on any atom is 0.305 e. The van der Waals surface area contributed by atoms with Gasteiger partial charge in [0.15, 0.2) is 11.9 Å². The Labute approximate surface area is 758 Å². The van der Waals surface area contributed by atoms with Gasteiger partial charge in [0.1, 0.15) is 54.4 Å². The molecule has 1 saturated heterocycles. The summed E-state index contributed by atoms with van der Waals surface area (Å²) < 4.78 is 0. The Bertz CT molecular complexity index is 4480. The predicted molar refractivity (Wildman–Crippen MR) is 477 cm³/mol. The van der Waals surface area contributed by atoms with E-state index >= 15 is 0 Å². The number of carboxylic acids is 1. The Hall–Kier alpha value is -13.4. The van der Waals surface area contributed by atoms with Crippen molar-refractivity contribution in [2.75, 3.05) is 39.3 Å². The molecule has 3 aliphatic carbocycles. The summed E-state index contributed by atoms with van der Waals surface area (Å²) in [5.74, 6) is -18.3. The first-order valence-electron chi connectivity index (χ1n) is 44.4. The second-order valence-electron chi connectivity index (χ2n) is 33.7. The summed E-state index contributed by atoms with van der Waals surface area (Å²) >= 11 is 0. The molecule has 3 saturated carbocycles. The van der Waals surface area contributed by atoms with Crippen LogP contribution in [0, 0.1) is 34.5 Å². The van der Waals surface area contributed by atoms with Crippen LogP contribution in [0.2, 0.25) is 0 Å². The van der Waals surface area contributed by atoms with E-state index in [0.717, 1.165) is 0 Å². The minimum atomic E-state index is -1.87. The van der Waals surface area contributed by atoms with Crippen LogP contribution in [0.4, 0.5) is 0 Å². The standard InChI is InChI=1S/C87H129N25O19/c1-47(99-79(125)57-44-95-45-68(57)101-49(3)113)74(120)104-58-30-15-26-54(58)76(122)109-63(34-19-37-97-87(93)94)81(127)105-59-31-17-28-56(59)78(124)111-65(40-52-24-11-6-12-25-52)83(129)106-60-32-16-27-55(60)77(123)108-62(29-13-14-35-88)80(126)102-53(38-50-20-7-4-8-21-50)41-70(115)98-46-71(116)103-67(43-72(117)118)82(128)100-48(2)75(121)110-64(39-51-22-9-5-10-23-51)84(130)112-66(42-69(89)114)85(131)107-61(73(90)119)33-18-36-96-86(91)92/h4-12,20-25,47-48,53-68,95H,13-19,26-46,88H2,1-3H3,(H2,89,114)(H2,90,119)(H,98,115)(H,99,125)(H,100,128)(H,101,113)(H,102,126)(H,103,116)(H,104,120)(H,105,127)(H,106,129)(H,107,131)(H,108,123)(H,109,122)(H,110,121)(H,111,124)(H,112,130)(H,117,118)(H4,91,92,96)(H4,93,94,97)/t47-,48-,53-,54-,55-,56-,57-,58-,59-,60-,61-,62-,63-,64-,65-,66-,67-,68-/m0/s1. The van der Waals surface area contributed by atoms with E-state index in [9.17, 15) is 91.4 Å². The zero-order valence-electron chi connectivity index (χ0n) is 74.0. The van der Waals surface area contributed by atoms with E-state index in [-0.39, 0.29) is 95.2 Å². The van der Waals surface area contributed by atoms with Crippen molar-refractivity contribution < 1.29 is 91.4 Å². The third kappa shape index (κ3) is 35.9. The highest BCUT2D eigenvalue weighted by molar-refractivity contribution is 6.00. The number of rotatable bonds is 53. The lowest BCUT2D eigenvalue weighted by Gasteiger charge is -2.29. The van der Waals surface area contributed by atoms with E-state index < -0.39 is 235 Å². The zero-order chi connectivity index (χ0) is 95.8. The average Bonchev–Trinajstić information content (AvgIpc) is 1.57. The molecule has 3 aromatic carbocycles. The lowest BCUT2D eigenvalue weighted by molar-refractivity contribution is -0.141. The average molecular weight is 1830 g/mol. The lowest BCUT2D eigenvalue weighted by atomic mass is 9.97. The van der Waals surface area contributed by atoms with Gasteiger partial charge in [-0.05, 0) is 127 Å². The van der Waals surface area contributed by atoms with Crippen LogP contribution in [0.5, 0.6) is 0 Å².